The number of ketones is 1. The molecule has 4 amide bonds. The number of hydrogen-bond donors (Lipinski definition) is 4. The number of ether oxygens (including phenoxy) is 2. The number of aromatic amines is 2. The molecule has 4 N–H and O–H groups in total. The molecule has 0 fully saturated rings. The molecule has 15 heteroatoms. The zero-order chi connectivity index (χ0) is 45.9. The first kappa shape index (κ1) is 45.0. The molecular formula is C50H50N8O7. The number of nitrogens with zero attached hydrogens (tertiary/aromatic N) is 4. The summed E-state index contributed by atoms with van der Waals surface area (Å²) in [6, 6.07) is 36.4. The summed E-state index contributed by atoms with van der Waals surface area (Å²) in [5.74, 6) is 0.117. The van der Waals surface area contributed by atoms with Gasteiger partial charge >= 0.3 is 12.2 Å². The van der Waals surface area contributed by atoms with E-state index in [1.165, 1.54) is 26.0 Å². The van der Waals surface area contributed by atoms with Crippen LogP contribution < -0.4 is 10.6 Å². The van der Waals surface area contributed by atoms with Gasteiger partial charge in [0.25, 0.3) is 5.91 Å². The summed E-state index contributed by atoms with van der Waals surface area (Å²) in [6.45, 7) is 3.92. The normalized spacial score (nSPS) is 11.9. The molecule has 65 heavy (non-hydrogen) atoms. The highest BCUT2D eigenvalue weighted by atomic mass is 16.5. The molecule has 2 aromatic heterocycles. The van der Waals surface area contributed by atoms with Crippen LogP contribution in [0, 0.1) is 0 Å². The molecule has 2 heterocycles. The fourth-order valence-corrected chi connectivity index (χ4v) is 7.58. The maximum absolute atomic E-state index is 13.9. The number of fused-ring (bicyclic) bond motifs is 1. The van der Waals surface area contributed by atoms with E-state index in [4.69, 9.17) is 9.47 Å². The van der Waals surface area contributed by atoms with E-state index in [-0.39, 0.29) is 31.3 Å². The van der Waals surface area contributed by atoms with Gasteiger partial charge in [0.15, 0.2) is 0 Å². The number of rotatable bonds is 17. The van der Waals surface area contributed by atoms with E-state index < -0.39 is 30.2 Å². The number of amides is 4. The minimum Gasteiger partial charge on any atom is -0.453 e. The minimum atomic E-state index is -1.07. The van der Waals surface area contributed by atoms with E-state index in [1.807, 2.05) is 49.4 Å². The van der Waals surface area contributed by atoms with Gasteiger partial charge < -0.3 is 39.9 Å². The van der Waals surface area contributed by atoms with Crippen LogP contribution in [0.2, 0.25) is 0 Å². The molecule has 0 aliphatic carbocycles. The van der Waals surface area contributed by atoms with Crippen LogP contribution in [-0.2, 0) is 36.9 Å². The van der Waals surface area contributed by atoms with Gasteiger partial charge in [-0.25, -0.2) is 19.6 Å². The number of Topliss-reactive ketones (excluding diaryl/α,β-unsaturated/α-hetero) is 1. The third-order valence-electron chi connectivity index (χ3n) is 10.8. The second-order valence-electron chi connectivity index (χ2n) is 15.5. The lowest BCUT2D eigenvalue weighted by molar-refractivity contribution is -0.137. The SMILES string of the molecule is CCCN(Cc1ncc(-c2ccc(-c3ccc4cc(-c5cnc(CN(CC(C)=O)C(=O)C(NC(=O)OC)c6ccccc6)[nH]5)ccc4c3)cc2)[nH]1)C(=O)[C@H](NC(=O)OC)c1ccccc1. The number of hydrogen-bond acceptors (Lipinski definition) is 9. The first-order chi connectivity index (χ1) is 31.5. The Bertz CT molecular complexity index is 2770. The van der Waals surface area contributed by atoms with E-state index in [0.717, 1.165) is 44.4 Å². The lowest BCUT2D eigenvalue weighted by Gasteiger charge is -2.27. The highest BCUT2D eigenvalue weighted by Crippen LogP contribution is 2.30. The molecule has 7 rings (SSSR count). The summed E-state index contributed by atoms with van der Waals surface area (Å²) in [6.07, 6.45) is 2.70. The van der Waals surface area contributed by atoms with Gasteiger partial charge in [0.2, 0.25) is 5.91 Å². The van der Waals surface area contributed by atoms with E-state index >= 15 is 0 Å². The molecule has 5 aromatic carbocycles. The molecule has 0 aliphatic rings. The number of imidazole rings is 2. The average Bonchev–Trinajstić information content (AvgIpc) is 4.02. The van der Waals surface area contributed by atoms with Crippen LogP contribution in [0.4, 0.5) is 9.59 Å². The molecule has 0 spiro atoms. The topological polar surface area (TPSA) is 192 Å². The molecule has 7 aromatic rings. The Morgan fingerprint density at radius 2 is 1.03 bits per heavy atom. The number of alkyl carbamates (subject to hydrolysis) is 2. The minimum absolute atomic E-state index is 0.00762. The maximum Gasteiger partial charge on any atom is 0.407 e. The lowest BCUT2D eigenvalue weighted by Crippen LogP contribution is -2.44. The third kappa shape index (κ3) is 11.1. The van der Waals surface area contributed by atoms with Crippen LogP contribution in [-0.4, -0.2) is 86.8 Å². The Kier molecular flexibility index (Phi) is 14.4. The number of methoxy groups -OCH3 is 2. The maximum atomic E-state index is 13.9. The first-order valence-corrected chi connectivity index (χ1v) is 21.1. The molecule has 0 aliphatic heterocycles. The van der Waals surface area contributed by atoms with Gasteiger partial charge in [0.05, 0.1) is 57.6 Å². The van der Waals surface area contributed by atoms with E-state index in [1.54, 1.807) is 59.8 Å². The van der Waals surface area contributed by atoms with Crippen LogP contribution in [0.5, 0.6) is 0 Å². The van der Waals surface area contributed by atoms with Gasteiger partial charge in [-0.2, -0.15) is 0 Å². The summed E-state index contributed by atoms with van der Waals surface area (Å²) < 4.78 is 9.59. The monoisotopic (exact) mass is 874 g/mol. The largest absolute Gasteiger partial charge is 0.453 e. The van der Waals surface area contributed by atoms with Crippen LogP contribution >= 0.6 is 0 Å². The predicted octanol–water partition coefficient (Wildman–Crippen LogP) is 8.14. The summed E-state index contributed by atoms with van der Waals surface area (Å²) in [5, 5.41) is 7.34. The average molecular weight is 875 g/mol. The van der Waals surface area contributed by atoms with Crippen LogP contribution in [0.3, 0.4) is 0 Å². The van der Waals surface area contributed by atoms with E-state index in [0.29, 0.717) is 35.7 Å². The number of nitrogens with one attached hydrogen (secondary N) is 4. The third-order valence-corrected chi connectivity index (χ3v) is 10.8. The van der Waals surface area contributed by atoms with Gasteiger partial charge in [-0.15, -0.1) is 0 Å². The second-order valence-corrected chi connectivity index (χ2v) is 15.5. The van der Waals surface area contributed by atoms with Crippen LogP contribution in [0.15, 0.2) is 134 Å². The Labute approximate surface area is 376 Å². The van der Waals surface area contributed by atoms with Gasteiger partial charge in [-0.05, 0) is 64.1 Å². The van der Waals surface area contributed by atoms with Crippen molar-refractivity contribution < 1.29 is 33.4 Å². The number of carbonyl (C=O) groups is 5. The first-order valence-electron chi connectivity index (χ1n) is 21.1. The lowest BCUT2D eigenvalue weighted by atomic mass is 9.98. The quantitative estimate of drug-likeness (QED) is 0.0700. The van der Waals surface area contributed by atoms with Gasteiger partial charge in [-0.1, -0.05) is 116 Å². The molecule has 0 bridgehead atoms. The van der Waals surface area contributed by atoms with Crippen molar-refractivity contribution in [1.29, 1.82) is 0 Å². The van der Waals surface area contributed by atoms with E-state index in [2.05, 4.69) is 67.0 Å². The van der Waals surface area contributed by atoms with Gasteiger partial charge in [0, 0.05) is 12.1 Å². The Balaban J connectivity index is 1.02. The van der Waals surface area contributed by atoms with Crippen molar-refractivity contribution in [3.8, 4) is 33.6 Å². The van der Waals surface area contributed by atoms with Gasteiger partial charge in [-0.3, -0.25) is 14.4 Å². The summed E-state index contributed by atoms with van der Waals surface area (Å²) >= 11 is 0. The van der Waals surface area contributed by atoms with Crippen molar-refractivity contribution in [2.45, 2.75) is 45.4 Å². The molecule has 332 valence electrons. The molecular weight excluding hydrogens is 825 g/mol. The molecule has 2 atom stereocenters. The van der Waals surface area contributed by atoms with E-state index in [9.17, 15) is 24.0 Å². The van der Waals surface area contributed by atoms with Gasteiger partial charge in [0.1, 0.15) is 29.5 Å². The zero-order valence-corrected chi connectivity index (χ0v) is 36.5. The van der Waals surface area contributed by atoms with Crippen molar-refractivity contribution in [3.63, 3.8) is 0 Å². The van der Waals surface area contributed by atoms with Crippen LogP contribution in [0.25, 0.3) is 44.4 Å². The molecule has 0 saturated heterocycles. The van der Waals surface area contributed by atoms with Crippen molar-refractivity contribution in [2.24, 2.45) is 0 Å². The Hall–Kier alpha value is -8.07. The number of benzene rings is 5. The molecule has 1 unspecified atom stereocenters. The Morgan fingerprint density at radius 3 is 1.54 bits per heavy atom. The number of aromatic nitrogens is 4. The Morgan fingerprint density at radius 1 is 0.585 bits per heavy atom. The molecule has 0 radical (unpaired) electrons. The highest BCUT2D eigenvalue weighted by molar-refractivity contribution is 5.92. The molecule has 15 nitrogen and oxygen atoms in total. The smallest absolute Gasteiger partial charge is 0.407 e. The number of carbonyl (C=O) groups excluding carboxylic acids is 5. The standard InChI is InChI=1S/C50H50N8O7/c1-5-24-57(47(60)45(55-49(62)64-3)35-12-8-6-9-13-35)30-43-51-27-41(53-43)34-18-16-33(17-19-34)37-20-21-39-26-40(23-22-38(39)25-37)42-28-52-44(54-42)31-58(29-32(2)59)48(61)46(56-50(63)65-4)36-14-10-7-11-15-36/h6-23,25-28,45-46H,5,24,29-31H2,1-4H3,(H,51,53)(H,52,54)(H,55,62)(H,56,63)/t45-,46?/m1/s1. The van der Waals surface area contributed by atoms with Crippen molar-refractivity contribution >= 4 is 40.6 Å². The summed E-state index contributed by atoms with van der Waals surface area (Å²) in [7, 11) is 2.49. The predicted molar refractivity (Wildman–Crippen MR) is 246 cm³/mol. The van der Waals surface area contributed by atoms with Crippen molar-refractivity contribution in [3.05, 3.63) is 156 Å². The van der Waals surface area contributed by atoms with Crippen LogP contribution in [0.1, 0.15) is 55.1 Å². The summed E-state index contributed by atoms with van der Waals surface area (Å²) in [4.78, 5) is 83.3. The zero-order valence-electron chi connectivity index (χ0n) is 36.5. The van der Waals surface area contributed by atoms with Crippen molar-refractivity contribution in [2.75, 3.05) is 27.3 Å². The second kappa shape index (κ2) is 20.9. The van der Waals surface area contributed by atoms with Crippen molar-refractivity contribution in [1.82, 2.24) is 40.4 Å². The fraction of sp³-hybridized carbons (Fsp3) is 0.220. The fourth-order valence-electron chi connectivity index (χ4n) is 7.58. The number of H-pyrrole nitrogens is 2. The highest BCUT2D eigenvalue weighted by Gasteiger charge is 2.30. The molecule has 0 saturated carbocycles. The summed E-state index contributed by atoms with van der Waals surface area (Å²) in [5.41, 5.74) is 6.64.